The summed E-state index contributed by atoms with van der Waals surface area (Å²) in [4.78, 5) is 12.8. The number of rotatable bonds is 5. The quantitative estimate of drug-likeness (QED) is 0.717. The van der Waals surface area contributed by atoms with Gasteiger partial charge in [0.2, 0.25) is 5.91 Å². The molecular formula is C12H14F2N2O5S2. The summed E-state index contributed by atoms with van der Waals surface area (Å²) < 4.78 is 72.0. The molecule has 1 aromatic rings. The Hall–Kier alpha value is -1.59. The van der Waals surface area contributed by atoms with E-state index >= 15 is 0 Å². The Labute approximate surface area is 132 Å². The van der Waals surface area contributed by atoms with Crippen LogP contribution in [0.3, 0.4) is 0 Å². The molecule has 0 unspecified atom stereocenters. The van der Waals surface area contributed by atoms with E-state index in [-0.39, 0.29) is 23.8 Å². The van der Waals surface area contributed by atoms with Gasteiger partial charge >= 0.3 is 0 Å². The highest BCUT2D eigenvalue weighted by atomic mass is 32.2. The molecule has 11 heteroatoms. The van der Waals surface area contributed by atoms with Crippen LogP contribution >= 0.6 is 0 Å². The predicted molar refractivity (Wildman–Crippen MR) is 76.2 cm³/mol. The molecule has 0 radical (unpaired) electrons. The van der Waals surface area contributed by atoms with Gasteiger partial charge < -0.3 is 0 Å². The summed E-state index contributed by atoms with van der Waals surface area (Å²) in [6, 6.07) is 1.97. The summed E-state index contributed by atoms with van der Waals surface area (Å²) in [6.07, 6.45) is 0.186. The van der Waals surface area contributed by atoms with Gasteiger partial charge in [0.05, 0.1) is 16.4 Å². The summed E-state index contributed by atoms with van der Waals surface area (Å²) in [5.41, 5.74) is 1.92. The van der Waals surface area contributed by atoms with Crippen LogP contribution in [0.4, 0.5) is 8.78 Å². The Kier molecular flexibility index (Phi) is 5.01. The molecule has 1 saturated heterocycles. The molecule has 1 aliphatic rings. The van der Waals surface area contributed by atoms with Crippen LogP contribution in [-0.4, -0.2) is 34.2 Å². The van der Waals surface area contributed by atoms with E-state index in [1.165, 1.54) is 0 Å². The van der Waals surface area contributed by atoms with Gasteiger partial charge in [0, 0.05) is 6.42 Å². The van der Waals surface area contributed by atoms with E-state index < -0.39 is 42.3 Å². The van der Waals surface area contributed by atoms with E-state index in [2.05, 4.69) is 0 Å². The minimum Gasteiger partial charge on any atom is -0.278 e. The Morgan fingerprint density at radius 1 is 1.26 bits per heavy atom. The van der Waals surface area contributed by atoms with Crippen molar-refractivity contribution in [3.8, 4) is 0 Å². The molecule has 0 bridgehead atoms. The van der Waals surface area contributed by atoms with Crippen molar-refractivity contribution < 1.29 is 30.4 Å². The van der Waals surface area contributed by atoms with Gasteiger partial charge in [-0.05, 0) is 30.5 Å². The molecule has 2 N–H and O–H groups in total. The summed E-state index contributed by atoms with van der Waals surface area (Å²) >= 11 is 0. The van der Waals surface area contributed by atoms with E-state index in [9.17, 15) is 30.4 Å². The monoisotopic (exact) mass is 368 g/mol. The lowest BCUT2D eigenvalue weighted by atomic mass is 10.1. The van der Waals surface area contributed by atoms with Crippen molar-refractivity contribution in [2.45, 2.75) is 17.7 Å². The molecule has 128 valence electrons. The molecule has 1 heterocycles. The van der Waals surface area contributed by atoms with Crippen LogP contribution in [0.15, 0.2) is 23.1 Å². The molecular weight excluding hydrogens is 354 g/mol. The topological polar surface area (TPSA) is 109 Å². The molecule has 0 saturated carbocycles. The number of nitrogens with one attached hydrogen (secondary N) is 2. The van der Waals surface area contributed by atoms with Gasteiger partial charge in [0.25, 0.3) is 10.0 Å². The highest BCUT2D eigenvalue weighted by Gasteiger charge is 2.29. The lowest BCUT2D eigenvalue weighted by molar-refractivity contribution is -0.122. The lowest BCUT2D eigenvalue weighted by Gasteiger charge is -2.10. The van der Waals surface area contributed by atoms with E-state index in [0.29, 0.717) is 18.6 Å². The fourth-order valence-electron chi connectivity index (χ4n) is 2.17. The van der Waals surface area contributed by atoms with Crippen molar-refractivity contribution in [2.75, 3.05) is 11.5 Å². The fraction of sp³-hybridized carbons (Fsp3) is 0.417. The molecule has 7 nitrogen and oxygen atoms in total. The number of carbonyl (C=O) groups excluding carboxylic acids is 1. The number of halogens is 2. The zero-order valence-corrected chi connectivity index (χ0v) is 13.4. The van der Waals surface area contributed by atoms with Crippen LogP contribution < -0.4 is 10.3 Å². The van der Waals surface area contributed by atoms with Gasteiger partial charge in [0.1, 0.15) is 0 Å². The van der Waals surface area contributed by atoms with Gasteiger partial charge in [-0.2, -0.15) is 0 Å². The third-order valence-electron chi connectivity index (χ3n) is 3.33. The van der Waals surface area contributed by atoms with Crippen LogP contribution in [0.5, 0.6) is 0 Å². The third-order valence-corrected chi connectivity index (χ3v) is 6.41. The van der Waals surface area contributed by atoms with Crippen LogP contribution in [-0.2, 0) is 24.7 Å². The third kappa shape index (κ3) is 4.69. The van der Waals surface area contributed by atoms with E-state index in [1.807, 2.05) is 5.43 Å². The Bertz CT molecular complexity index is 824. The van der Waals surface area contributed by atoms with Gasteiger partial charge in [-0.1, -0.05) is 0 Å². The smallest absolute Gasteiger partial charge is 0.257 e. The van der Waals surface area contributed by atoms with E-state index in [4.69, 9.17) is 0 Å². The Balaban J connectivity index is 1.94. The van der Waals surface area contributed by atoms with Crippen molar-refractivity contribution in [1.82, 2.24) is 10.3 Å². The second-order valence-electron chi connectivity index (χ2n) is 5.20. The second kappa shape index (κ2) is 6.49. The van der Waals surface area contributed by atoms with Crippen LogP contribution in [0.25, 0.3) is 0 Å². The molecule has 1 aliphatic heterocycles. The van der Waals surface area contributed by atoms with Gasteiger partial charge in [-0.15, -0.1) is 4.83 Å². The molecule has 1 fully saturated rings. The highest BCUT2D eigenvalue weighted by molar-refractivity contribution is 7.91. The maximum Gasteiger partial charge on any atom is 0.257 e. The maximum atomic E-state index is 13.0. The van der Waals surface area contributed by atoms with Crippen molar-refractivity contribution >= 4 is 25.8 Å². The van der Waals surface area contributed by atoms with E-state index in [0.717, 1.165) is 6.07 Å². The first-order valence-corrected chi connectivity index (χ1v) is 9.86. The fourth-order valence-corrected chi connectivity index (χ4v) is 4.91. The number of amides is 1. The van der Waals surface area contributed by atoms with Crippen molar-refractivity contribution in [3.63, 3.8) is 0 Å². The van der Waals surface area contributed by atoms with Crippen molar-refractivity contribution in [2.24, 2.45) is 5.92 Å². The first kappa shape index (κ1) is 17.8. The van der Waals surface area contributed by atoms with Crippen LogP contribution in [0.2, 0.25) is 0 Å². The molecule has 23 heavy (non-hydrogen) atoms. The first-order valence-electron chi connectivity index (χ1n) is 6.55. The Morgan fingerprint density at radius 2 is 1.96 bits per heavy atom. The van der Waals surface area contributed by atoms with Gasteiger partial charge in [-0.3, -0.25) is 10.2 Å². The maximum absolute atomic E-state index is 13.0. The number of sulfone groups is 1. The molecule has 1 atom stereocenters. The molecule has 2 rings (SSSR count). The molecule has 0 aromatic heterocycles. The summed E-state index contributed by atoms with van der Waals surface area (Å²) in [6.45, 7) is 0. The number of hydrogen-bond acceptors (Lipinski definition) is 5. The van der Waals surface area contributed by atoms with Crippen molar-refractivity contribution in [3.05, 3.63) is 29.8 Å². The number of hydrogen-bond donors (Lipinski definition) is 2. The second-order valence-corrected chi connectivity index (χ2v) is 9.11. The van der Waals surface area contributed by atoms with Crippen LogP contribution in [0, 0.1) is 17.6 Å². The standard InChI is InChI=1S/C12H14F2N2O5S2/c13-10-2-1-9(6-11(10)14)23(20,21)16-15-12(17)5-8-3-4-22(18,19)7-8/h1-2,6,8,16H,3-5,7H2,(H,15,17)/t8-/m0/s1. The largest absolute Gasteiger partial charge is 0.278 e. The predicted octanol–water partition coefficient (Wildman–Crippen LogP) is 0.0991. The summed E-state index contributed by atoms with van der Waals surface area (Å²) in [5, 5.41) is 0. The molecule has 0 aliphatic carbocycles. The van der Waals surface area contributed by atoms with E-state index in [1.54, 1.807) is 4.83 Å². The number of benzene rings is 1. The SMILES string of the molecule is O=C(C[C@@H]1CCS(=O)(=O)C1)NNS(=O)(=O)c1ccc(F)c(F)c1. The summed E-state index contributed by atoms with van der Waals surface area (Å²) in [7, 11) is -7.39. The zero-order chi connectivity index (χ0) is 17.3. The zero-order valence-electron chi connectivity index (χ0n) is 11.8. The lowest BCUT2D eigenvalue weighted by Crippen LogP contribution is -2.42. The number of carbonyl (C=O) groups is 1. The normalized spacial score (nSPS) is 20.3. The average molecular weight is 368 g/mol. The molecule has 1 amide bonds. The van der Waals surface area contributed by atoms with Gasteiger partial charge in [-0.25, -0.2) is 25.6 Å². The van der Waals surface area contributed by atoms with Crippen LogP contribution in [0.1, 0.15) is 12.8 Å². The first-order chi connectivity index (χ1) is 10.6. The van der Waals surface area contributed by atoms with Gasteiger partial charge in [0.15, 0.2) is 21.5 Å². The summed E-state index contributed by atoms with van der Waals surface area (Å²) in [5.74, 6) is -3.72. The minimum absolute atomic E-state index is 0.00549. The molecule has 1 aromatic carbocycles. The number of hydrazine groups is 1. The highest BCUT2D eigenvalue weighted by Crippen LogP contribution is 2.21. The average Bonchev–Trinajstić information content (AvgIpc) is 2.78. The number of sulfonamides is 1. The minimum atomic E-state index is -4.26. The van der Waals surface area contributed by atoms with Crippen molar-refractivity contribution in [1.29, 1.82) is 0 Å². The Morgan fingerprint density at radius 3 is 2.52 bits per heavy atom. The molecule has 0 spiro atoms.